The Labute approximate surface area is 160 Å². The van der Waals surface area contributed by atoms with Gasteiger partial charge < -0.3 is 0 Å². The Hall–Kier alpha value is -1.21. The second kappa shape index (κ2) is 10.7. The van der Waals surface area contributed by atoms with Crippen LogP contribution in [0.1, 0.15) is 59.3 Å². The second-order valence-corrected chi connectivity index (χ2v) is 7.53. The van der Waals surface area contributed by atoms with Crippen molar-refractivity contribution in [1.82, 2.24) is 0 Å². The number of carbonyl (C=O) groups excluding carboxylic acids is 3. The Morgan fingerprint density at radius 3 is 2.00 bits per heavy atom. The van der Waals surface area contributed by atoms with Crippen molar-refractivity contribution in [2.24, 2.45) is 0 Å². The van der Waals surface area contributed by atoms with E-state index in [0.717, 1.165) is 16.7 Å². The number of thioether (sulfide) groups is 1. The summed E-state index contributed by atoms with van der Waals surface area (Å²) in [5, 5.41) is -0.0490. The van der Waals surface area contributed by atoms with Crippen LogP contribution in [0.3, 0.4) is 0 Å². The minimum absolute atomic E-state index is 0.0490. The zero-order valence-electron chi connectivity index (χ0n) is 14.7. The van der Waals surface area contributed by atoms with E-state index >= 15 is 0 Å². The number of hydrogen-bond acceptors (Lipinski definition) is 4. The molecule has 0 atom stereocenters. The van der Waals surface area contributed by atoms with Crippen LogP contribution in [-0.2, 0) is 14.4 Å². The number of anilines is 1. The van der Waals surface area contributed by atoms with Gasteiger partial charge in [0, 0.05) is 28.6 Å². The Balaban J connectivity index is 3.30. The van der Waals surface area contributed by atoms with Crippen LogP contribution >= 0.6 is 27.7 Å². The van der Waals surface area contributed by atoms with E-state index < -0.39 is 17.6 Å². The molecule has 0 unspecified atom stereocenters. The van der Waals surface area contributed by atoms with Crippen molar-refractivity contribution in [2.75, 3.05) is 4.90 Å². The number of rotatable bonds is 8. The number of imide groups is 1. The minimum Gasteiger partial charge on any atom is -0.287 e. The molecule has 4 nitrogen and oxygen atoms in total. The molecule has 0 N–H and O–H groups in total. The van der Waals surface area contributed by atoms with Crippen molar-refractivity contribution in [1.29, 1.82) is 0 Å². The zero-order chi connectivity index (χ0) is 19.0. The van der Waals surface area contributed by atoms with Crippen LogP contribution in [0.4, 0.5) is 10.1 Å². The Kier molecular flexibility index (Phi) is 9.35. The van der Waals surface area contributed by atoms with Gasteiger partial charge in [0.2, 0.25) is 11.8 Å². The van der Waals surface area contributed by atoms with Gasteiger partial charge in [-0.05, 0) is 47.3 Å². The molecule has 0 saturated heterocycles. The van der Waals surface area contributed by atoms with Crippen LogP contribution in [0, 0.1) is 5.82 Å². The van der Waals surface area contributed by atoms with E-state index in [1.54, 1.807) is 0 Å². The van der Waals surface area contributed by atoms with E-state index in [0.29, 0.717) is 35.1 Å². The summed E-state index contributed by atoms with van der Waals surface area (Å²) in [6.07, 6.45) is 2.54. The third-order valence-corrected chi connectivity index (χ3v) is 5.25. The summed E-state index contributed by atoms with van der Waals surface area (Å²) >= 11 is 4.23. The molecule has 0 aromatic heterocycles. The highest BCUT2D eigenvalue weighted by Gasteiger charge is 2.26. The lowest BCUT2D eigenvalue weighted by Gasteiger charge is -2.22. The van der Waals surface area contributed by atoms with E-state index in [2.05, 4.69) is 15.9 Å². The van der Waals surface area contributed by atoms with Crippen molar-refractivity contribution >= 4 is 50.3 Å². The van der Waals surface area contributed by atoms with E-state index in [1.165, 1.54) is 12.1 Å². The normalized spacial score (nSPS) is 10.6. The Morgan fingerprint density at radius 2 is 1.52 bits per heavy atom. The maximum absolute atomic E-state index is 14.5. The van der Waals surface area contributed by atoms with E-state index in [9.17, 15) is 18.8 Å². The predicted octanol–water partition coefficient (Wildman–Crippen LogP) is 5.47. The molecule has 0 heterocycles. The van der Waals surface area contributed by atoms with Crippen LogP contribution in [0.15, 0.2) is 21.5 Å². The lowest BCUT2D eigenvalue weighted by Crippen LogP contribution is -2.37. The molecule has 1 aromatic rings. The molecule has 0 bridgehead atoms. The first kappa shape index (κ1) is 21.8. The van der Waals surface area contributed by atoms with Crippen LogP contribution in [0.2, 0.25) is 0 Å². The van der Waals surface area contributed by atoms with Crippen molar-refractivity contribution in [3.05, 3.63) is 22.4 Å². The maximum atomic E-state index is 14.5. The van der Waals surface area contributed by atoms with Gasteiger partial charge in [-0.1, -0.05) is 32.5 Å². The summed E-state index contributed by atoms with van der Waals surface area (Å²) in [4.78, 5) is 38.1. The molecule has 2 amide bonds. The van der Waals surface area contributed by atoms with Gasteiger partial charge in [-0.2, -0.15) is 0 Å². The maximum Gasteiger partial charge on any atom is 0.233 e. The molecular weight excluding hydrogens is 409 g/mol. The first-order valence-electron chi connectivity index (χ1n) is 8.41. The summed E-state index contributed by atoms with van der Waals surface area (Å²) in [6.45, 7) is 5.55. The fourth-order valence-electron chi connectivity index (χ4n) is 2.20. The third-order valence-electron chi connectivity index (χ3n) is 3.35. The van der Waals surface area contributed by atoms with E-state index in [4.69, 9.17) is 0 Å². The summed E-state index contributed by atoms with van der Waals surface area (Å²) in [6, 6.07) is 2.60. The van der Waals surface area contributed by atoms with E-state index in [-0.39, 0.29) is 23.6 Å². The molecule has 0 aliphatic carbocycles. The topological polar surface area (TPSA) is 54.5 Å². The fraction of sp³-hybridized carbons (Fsp3) is 0.500. The molecule has 0 fully saturated rings. The number of benzene rings is 1. The first-order valence-corrected chi connectivity index (χ1v) is 10.0. The van der Waals surface area contributed by atoms with E-state index in [1.807, 2.05) is 20.8 Å². The van der Waals surface area contributed by atoms with Crippen molar-refractivity contribution < 1.29 is 18.8 Å². The lowest BCUT2D eigenvalue weighted by molar-refractivity contribution is -0.126. The highest BCUT2D eigenvalue weighted by atomic mass is 79.9. The highest BCUT2D eigenvalue weighted by molar-refractivity contribution is 9.10. The van der Waals surface area contributed by atoms with Crippen LogP contribution in [-0.4, -0.2) is 16.9 Å². The molecule has 0 saturated carbocycles. The van der Waals surface area contributed by atoms with Gasteiger partial charge in [-0.15, -0.1) is 0 Å². The van der Waals surface area contributed by atoms with Crippen LogP contribution in [0.5, 0.6) is 0 Å². The SMILES string of the molecule is CCCC(=O)Sc1cc(N(C(=O)CCC)C(=O)CCC)c(F)cc1Br. The largest absolute Gasteiger partial charge is 0.287 e. The third kappa shape index (κ3) is 6.22. The average Bonchev–Trinajstić information content (AvgIpc) is 2.52. The Bertz CT molecular complexity index is 633. The van der Waals surface area contributed by atoms with Gasteiger partial charge >= 0.3 is 0 Å². The first-order chi connectivity index (χ1) is 11.8. The quantitative estimate of drug-likeness (QED) is 0.512. The summed E-state index contributed by atoms with van der Waals surface area (Å²) in [5.74, 6) is -1.54. The molecule has 1 aromatic carbocycles. The minimum atomic E-state index is -0.673. The molecule has 0 aliphatic heterocycles. The zero-order valence-corrected chi connectivity index (χ0v) is 17.1. The second-order valence-electron chi connectivity index (χ2n) is 5.58. The van der Waals surface area contributed by atoms with Gasteiger partial charge in [0.15, 0.2) is 5.12 Å². The van der Waals surface area contributed by atoms with Crippen molar-refractivity contribution in [2.45, 2.75) is 64.2 Å². The number of halogens is 2. The van der Waals surface area contributed by atoms with Crippen LogP contribution in [0.25, 0.3) is 0 Å². The molecule has 25 heavy (non-hydrogen) atoms. The molecule has 0 spiro atoms. The highest BCUT2D eigenvalue weighted by Crippen LogP contribution is 2.35. The average molecular weight is 432 g/mol. The summed E-state index contributed by atoms with van der Waals surface area (Å²) < 4.78 is 14.9. The molecule has 7 heteroatoms. The molecule has 1 rings (SSSR count). The standard InChI is InChI=1S/C18H23BrFNO3S/c1-4-7-16(22)21(17(23)8-5-2)14-11-15(12(19)10-13(14)20)25-18(24)9-6-3/h10-11H,4-9H2,1-3H3. The van der Waals surface area contributed by atoms with Gasteiger partial charge in [0.25, 0.3) is 0 Å². The molecule has 0 aliphatic rings. The summed E-state index contributed by atoms with van der Waals surface area (Å²) in [7, 11) is 0. The summed E-state index contributed by atoms with van der Waals surface area (Å²) in [5.41, 5.74) is -0.0908. The van der Waals surface area contributed by atoms with Gasteiger partial charge in [-0.25, -0.2) is 9.29 Å². The number of nitrogens with zero attached hydrogens (tertiary/aromatic N) is 1. The lowest BCUT2D eigenvalue weighted by atomic mass is 10.2. The van der Waals surface area contributed by atoms with Gasteiger partial charge in [0.1, 0.15) is 5.82 Å². The van der Waals surface area contributed by atoms with Gasteiger partial charge in [-0.3, -0.25) is 14.4 Å². The molecule has 138 valence electrons. The van der Waals surface area contributed by atoms with Gasteiger partial charge in [0.05, 0.1) is 5.69 Å². The smallest absolute Gasteiger partial charge is 0.233 e. The predicted molar refractivity (Wildman–Crippen MR) is 102 cm³/mol. The fourth-order valence-corrected chi connectivity index (χ4v) is 3.64. The molecule has 0 radical (unpaired) electrons. The molecular formula is C18H23BrFNO3S. The number of amides is 2. The number of carbonyl (C=O) groups is 3. The van der Waals surface area contributed by atoms with Crippen molar-refractivity contribution in [3.63, 3.8) is 0 Å². The number of hydrogen-bond donors (Lipinski definition) is 0. The Morgan fingerprint density at radius 1 is 1.00 bits per heavy atom. The van der Waals surface area contributed by atoms with Crippen LogP contribution < -0.4 is 4.90 Å². The van der Waals surface area contributed by atoms with Crippen molar-refractivity contribution in [3.8, 4) is 0 Å². The monoisotopic (exact) mass is 431 g/mol.